The number of nitrogens with one attached hydrogen (secondary N) is 2. The standard InChI is InChI=1S/C18H19ClN4O3/c1-11-7-17(23-18(21-11)20-10-12-5-4-6-26-12)22-14-9-15(24-2)13(19)8-16(14)25-3/h4-9H,10H2,1-3H3,(H2,20,21,22,23). The molecule has 0 saturated heterocycles. The summed E-state index contributed by atoms with van der Waals surface area (Å²) in [5.41, 5.74) is 1.49. The Morgan fingerprint density at radius 3 is 2.62 bits per heavy atom. The van der Waals surface area contributed by atoms with Gasteiger partial charge in [-0.3, -0.25) is 0 Å². The van der Waals surface area contributed by atoms with E-state index in [0.29, 0.717) is 40.5 Å². The van der Waals surface area contributed by atoms with Gasteiger partial charge in [0.1, 0.15) is 23.1 Å². The molecule has 136 valence electrons. The van der Waals surface area contributed by atoms with Crippen LogP contribution in [0.1, 0.15) is 11.5 Å². The number of hydrogen-bond donors (Lipinski definition) is 2. The smallest absolute Gasteiger partial charge is 0.225 e. The predicted octanol–water partition coefficient (Wildman–Crippen LogP) is 4.40. The Bertz CT molecular complexity index is 884. The fourth-order valence-corrected chi connectivity index (χ4v) is 2.62. The zero-order valence-corrected chi connectivity index (χ0v) is 15.4. The topological polar surface area (TPSA) is 81.4 Å². The van der Waals surface area contributed by atoms with Gasteiger partial charge in [0.05, 0.1) is 37.7 Å². The number of halogens is 1. The normalized spacial score (nSPS) is 10.5. The Morgan fingerprint density at radius 1 is 1.12 bits per heavy atom. The fraction of sp³-hybridized carbons (Fsp3) is 0.222. The minimum atomic E-state index is 0.467. The molecule has 0 saturated carbocycles. The third-order valence-corrected chi connectivity index (χ3v) is 3.89. The average Bonchev–Trinajstić information content (AvgIpc) is 3.14. The molecule has 0 aliphatic rings. The van der Waals surface area contributed by atoms with Gasteiger partial charge < -0.3 is 24.5 Å². The predicted molar refractivity (Wildman–Crippen MR) is 101 cm³/mol. The van der Waals surface area contributed by atoms with Gasteiger partial charge in [0.15, 0.2) is 0 Å². The highest BCUT2D eigenvalue weighted by Crippen LogP contribution is 2.37. The number of furan rings is 1. The summed E-state index contributed by atoms with van der Waals surface area (Å²) in [5.74, 6) is 3.02. The van der Waals surface area contributed by atoms with Crippen LogP contribution in [0.2, 0.25) is 5.02 Å². The second kappa shape index (κ2) is 7.97. The summed E-state index contributed by atoms with van der Waals surface area (Å²) in [6, 6.07) is 8.99. The highest BCUT2D eigenvalue weighted by molar-refractivity contribution is 6.32. The Hall–Kier alpha value is -2.93. The molecule has 0 fully saturated rings. The van der Waals surface area contributed by atoms with Crippen molar-refractivity contribution < 1.29 is 13.9 Å². The van der Waals surface area contributed by atoms with E-state index in [1.165, 1.54) is 0 Å². The van der Waals surface area contributed by atoms with Gasteiger partial charge in [-0.05, 0) is 19.1 Å². The summed E-state index contributed by atoms with van der Waals surface area (Å²) in [7, 11) is 3.13. The van der Waals surface area contributed by atoms with Gasteiger partial charge in [-0.15, -0.1) is 0 Å². The van der Waals surface area contributed by atoms with E-state index in [9.17, 15) is 0 Å². The number of aromatic nitrogens is 2. The van der Waals surface area contributed by atoms with E-state index in [4.69, 9.17) is 25.5 Å². The SMILES string of the molecule is COc1cc(Nc2cc(C)nc(NCc3ccco3)n2)c(OC)cc1Cl. The van der Waals surface area contributed by atoms with Crippen molar-refractivity contribution in [2.75, 3.05) is 24.9 Å². The maximum absolute atomic E-state index is 6.15. The largest absolute Gasteiger partial charge is 0.495 e. The number of benzene rings is 1. The van der Waals surface area contributed by atoms with Crippen LogP contribution in [0.5, 0.6) is 11.5 Å². The molecule has 2 N–H and O–H groups in total. The van der Waals surface area contributed by atoms with Crippen molar-refractivity contribution in [3.8, 4) is 11.5 Å². The van der Waals surface area contributed by atoms with Crippen LogP contribution in [0.25, 0.3) is 0 Å². The Labute approximate surface area is 156 Å². The lowest BCUT2D eigenvalue weighted by Gasteiger charge is -2.14. The van der Waals surface area contributed by atoms with E-state index in [2.05, 4.69) is 20.6 Å². The second-order valence-electron chi connectivity index (χ2n) is 5.46. The summed E-state index contributed by atoms with van der Waals surface area (Å²) < 4.78 is 15.9. The van der Waals surface area contributed by atoms with Gasteiger partial charge in [0.25, 0.3) is 0 Å². The Balaban J connectivity index is 1.83. The molecule has 2 heterocycles. The zero-order chi connectivity index (χ0) is 18.5. The van der Waals surface area contributed by atoms with E-state index in [-0.39, 0.29) is 0 Å². The quantitative estimate of drug-likeness (QED) is 0.634. The van der Waals surface area contributed by atoms with Gasteiger partial charge in [-0.25, -0.2) is 4.98 Å². The van der Waals surface area contributed by atoms with Crippen molar-refractivity contribution in [2.24, 2.45) is 0 Å². The zero-order valence-electron chi connectivity index (χ0n) is 14.7. The molecule has 26 heavy (non-hydrogen) atoms. The average molecular weight is 375 g/mol. The molecular weight excluding hydrogens is 356 g/mol. The van der Waals surface area contributed by atoms with Crippen molar-refractivity contribution in [1.82, 2.24) is 9.97 Å². The Morgan fingerprint density at radius 2 is 1.92 bits per heavy atom. The number of aryl methyl sites for hydroxylation is 1. The van der Waals surface area contributed by atoms with Crippen LogP contribution in [-0.4, -0.2) is 24.2 Å². The third-order valence-electron chi connectivity index (χ3n) is 3.59. The summed E-state index contributed by atoms with van der Waals surface area (Å²) >= 11 is 6.15. The number of anilines is 3. The van der Waals surface area contributed by atoms with Gasteiger partial charge in [0.2, 0.25) is 5.95 Å². The molecule has 0 spiro atoms. The summed E-state index contributed by atoms with van der Waals surface area (Å²) in [6.07, 6.45) is 1.63. The van der Waals surface area contributed by atoms with Crippen molar-refractivity contribution in [3.63, 3.8) is 0 Å². The van der Waals surface area contributed by atoms with Crippen LogP contribution in [0, 0.1) is 6.92 Å². The molecule has 0 aliphatic heterocycles. The van der Waals surface area contributed by atoms with Gasteiger partial charge in [-0.1, -0.05) is 11.6 Å². The van der Waals surface area contributed by atoms with Crippen LogP contribution in [0.15, 0.2) is 41.0 Å². The van der Waals surface area contributed by atoms with E-state index < -0.39 is 0 Å². The number of rotatable bonds is 7. The number of ether oxygens (including phenoxy) is 2. The maximum Gasteiger partial charge on any atom is 0.225 e. The Kier molecular flexibility index (Phi) is 5.48. The monoisotopic (exact) mass is 374 g/mol. The van der Waals surface area contributed by atoms with Crippen LogP contribution in [-0.2, 0) is 6.54 Å². The lowest BCUT2D eigenvalue weighted by molar-refractivity contribution is 0.405. The molecule has 8 heteroatoms. The molecule has 0 atom stereocenters. The van der Waals surface area contributed by atoms with Crippen molar-refractivity contribution in [1.29, 1.82) is 0 Å². The molecule has 0 amide bonds. The summed E-state index contributed by atoms with van der Waals surface area (Å²) in [6.45, 7) is 2.39. The molecular formula is C18H19ClN4O3. The van der Waals surface area contributed by atoms with Crippen LogP contribution < -0.4 is 20.1 Å². The minimum Gasteiger partial charge on any atom is -0.495 e. The van der Waals surface area contributed by atoms with Crippen LogP contribution in [0.3, 0.4) is 0 Å². The third kappa shape index (κ3) is 4.18. The van der Waals surface area contributed by atoms with Gasteiger partial charge >= 0.3 is 0 Å². The van der Waals surface area contributed by atoms with Crippen molar-refractivity contribution in [3.05, 3.63) is 53.1 Å². The van der Waals surface area contributed by atoms with E-state index in [1.807, 2.05) is 25.1 Å². The first-order valence-corrected chi connectivity index (χ1v) is 8.27. The van der Waals surface area contributed by atoms with Gasteiger partial charge in [-0.2, -0.15) is 4.98 Å². The number of methoxy groups -OCH3 is 2. The van der Waals surface area contributed by atoms with E-state index in [0.717, 1.165) is 11.5 Å². The first-order valence-electron chi connectivity index (χ1n) is 7.89. The highest BCUT2D eigenvalue weighted by atomic mass is 35.5. The van der Waals surface area contributed by atoms with Crippen LogP contribution >= 0.6 is 11.6 Å². The number of hydrogen-bond acceptors (Lipinski definition) is 7. The molecule has 7 nitrogen and oxygen atoms in total. The molecule has 0 unspecified atom stereocenters. The fourth-order valence-electron chi connectivity index (χ4n) is 2.39. The molecule has 2 aromatic heterocycles. The first kappa shape index (κ1) is 17.9. The van der Waals surface area contributed by atoms with E-state index in [1.54, 1.807) is 32.6 Å². The van der Waals surface area contributed by atoms with E-state index >= 15 is 0 Å². The summed E-state index contributed by atoms with van der Waals surface area (Å²) in [5, 5.41) is 6.83. The number of nitrogens with zero attached hydrogens (tertiary/aromatic N) is 2. The van der Waals surface area contributed by atoms with Crippen LogP contribution in [0.4, 0.5) is 17.5 Å². The van der Waals surface area contributed by atoms with Crippen molar-refractivity contribution in [2.45, 2.75) is 13.5 Å². The van der Waals surface area contributed by atoms with Gasteiger partial charge in [0, 0.05) is 23.9 Å². The molecule has 0 aliphatic carbocycles. The molecule has 3 aromatic rings. The lowest BCUT2D eigenvalue weighted by atomic mass is 10.2. The molecule has 3 rings (SSSR count). The van der Waals surface area contributed by atoms with Crippen molar-refractivity contribution >= 4 is 29.1 Å². The highest BCUT2D eigenvalue weighted by Gasteiger charge is 2.12. The first-order chi connectivity index (χ1) is 12.6. The molecule has 0 bridgehead atoms. The second-order valence-corrected chi connectivity index (χ2v) is 5.87. The molecule has 1 aromatic carbocycles. The lowest BCUT2D eigenvalue weighted by Crippen LogP contribution is -2.06. The molecule has 0 radical (unpaired) electrons. The summed E-state index contributed by atoms with van der Waals surface area (Å²) in [4.78, 5) is 8.86. The minimum absolute atomic E-state index is 0.467. The maximum atomic E-state index is 6.15.